The molecule has 0 radical (unpaired) electrons. The van der Waals surface area contributed by atoms with Crippen LogP contribution in [-0.4, -0.2) is 25.3 Å². The fraction of sp³-hybridized carbons (Fsp3) is 0.176. The Labute approximate surface area is 140 Å². The maximum absolute atomic E-state index is 11.6. The van der Waals surface area contributed by atoms with E-state index >= 15 is 0 Å². The second-order valence-corrected chi connectivity index (χ2v) is 5.24. The number of hydrogen-bond acceptors (Lipinski definition) is 4. The molecule has 0 fully saturated rings. The Hall–Kier alpha value is -2.60. The van der Waals surface area contributed by atoms with Crippen LogP contribution >= 0.6 is 12.2 Å². The molecule has 0 aliphatic heterocycles. The fourth-order valence-electron chi connectivity index (χ4n) is 1.99. The lowest BCUT2D eigenvalue weighted by Gasteiger charge is -2.14. The van der Waals surface area contributed by atoms with Gasteiger partial charge in [0.25, 0.3) is 0 Å². The maximum Gasteiger partial charge on any atom is 0.337 e. The van der Waals surface area contributed by atoms with Crippen molar-refractivity contribution in [2.45, 2.75) is 6.92 Å². The van der Waals surface area contributed by atoms with Crippen LogP contribution in [0.1, 0.15) is 15.9 Å². The first-order chi connectivity index (χ1) is 11.0. The standard InChI is InChI=1S/C17H18N2O3S/c1-11-7-8-12(16(20)22-3)9-15(11)19-17(23)18-13-5-4-6-14(10-13)21-2/h4-10H,1-3H3,(H2,18,19,23). The molecule has 0 aromatic heterocycles. The van der Waals surface area contributed by atoms with Gasteiger partial charge < -0.3 is 20.1 Å². The normalized spacial score (nSPS) is 9.87. The largest absolute Gasteiger partial charge is 0.497 e. The van der Waals surface area contributed by atoms with Crippen molar-refractivity contribution in [1.82, 2.24) is 0 Å². The number of nitrogens with one attached hydrogen (secondary N) is 2. The minimum atomic E-state index is -0.389. The van der Waals surface area contributed by atoms with E-state index in [9.17, 15) is 4.79 Å². The van der Waals surface area contributed by atoms with Gasteiger partial charge in [-0.3, -0.25) is 0 Å². The van der Waals surface area contributed by atoms with Crippen LogP contribution in [0, 0.1) is 6.92 Å². The highest BCUT2D eigenvalue weighted by molar-refractivity contribution is 7.80. The average molecular weight is 330 g/mol. The first-order valence-corrected chi connectivity index (χ1v) is 7.35. The smallest absolute Gasteiger partial charge is 0.337 e. The number of thiocarbonyl (C=S) groups is 1. The molecule has 5 nitrogen and oxygen atoms in total. The molecule has 0 aliphatic rings. The Bertz CT molecular complexity index is 732. The molecular weight excluding hydrogens is 312 g/mol. The molecule has 0 atom stereocenters. The summed E-state index contributed by atoms with van der Waals surface area (Å²) in [5, 5.41) is 6.59. The number of carbonyl (C=O) groups excluding carboxylic acids is 1. The summed E-state index contributed by atoms with van der Waals surface area (Å²) in [5.74, 6) is 0.349. The van der Waals surface area contributed by atoms with Gasteiger partial charge in [-0.25, -0.2) is 4.79 Å². The Morgan fingerprint density at radius 3 is 2.57 bits per heavy atom. The van der Waals surface area contributed by atoms with Crippen LogP contribution in [0.4, 0.5) is 11.4 Å². The van der Waals surface area contributed by atoms with Gasteiger partial charge >= 0.3 is 5.97 Å². The Kier molecular flexibility index (Phi) is 5.54. The van der Waals surface area contributed by atoms with Crippen molar-refractivity contribution >= 4 is 34.7 Å². The zero-order valence-corrected chi connectivity index (χ0v) is 14.0. The van der Waals surface area contributed by atoms with E-state index in [2.05, 4.69) is 10.6 Å². The van der Waals surface area contributed by atoms with Crippen molar-refractivity contribution in [3.8, 4) is 5.75 Å². The van der Waals surface area contributed by atoms with Gasteiger partial charge in [-0.1, -0.05) is 12.1 Å². The molecule has 0 saturated heterocycles. The first kappa shape index (κ1) is 16.8. The highest BCUT2D eigenvalue weighted by Gasteiger charge is 2.09. The van der Waals surface area contributed by atoms with Crippen molar-refractivity contribution in [2.75, 3.05) is 24.9 Å². The molecule has 0 spiro atoms. The van der Waals surface area contributed by atoms with Crippen LogP contribution in [-0.2, 0) is 4.74 Å². The van der Waals surface area contributed by atoms with E-state index in [1.807, 2.05) is 37.3 Å². The van der Waals surface area contributed by atoms with Crippen LogP contribution < -0.4 is 15.4 Å². The molecular formula is C17H18N2O3S. The third-order valence-electron chi connectivity index (χ3n) is 3.23. The Morgan fingerprint density at radius 2 is 1.87 bits per heavy atom. The first-order valence-electron chi connectivity index (χ1n) is 6.94. The zero-order chi connectivity index (χ0) is 16.8. The third-order valence-corrected chi connectivity index (χ3v) is 3.44. The number of anilines is 2. The molecule has 120 valence electrons. The monoisotopic (exact) mass is 330 g/mol. The number of carbonyl (C=O) groups is 1. The zero-order valence-electron chi connectivity index (χ0n) is 13.2. The lowest BCUT2D eigenvalue weighted by molar-refractivity contribution is 0.0601. The number of hydrogen-bond donors (Lipinski definition) is 2. The van der Waals surface area contributed by atoms with Crippen molar-refractivity contribution in [2.24, 2.45) is 0 Å². The number of methoxy groups -OCH3 is 2. The summed E-state index contributed by atoms with van der Waals surface area (Å²) in [6.45, 7) is 1.93. The van der Waals surface area contributed by atoms with E-state index in [1.165, 1.54) is 7.11 Å². The lowest BCUT2D eigenvalue weighted by atomic mass is 10.1. The molecule has 0 heterocycles. The molecule has 0 saturated carbocycles. The van der Waals surface area contributed by atoms with Gasteiger partial charge in [0.05, 0.1) is 19.8 Å². The minimum absolute atomic E-state index is 0.389. The van der Waals surface area contributed by atoms with Gasteiger partial charge in [0.2, 0.25) is 0 Å². The number of aryl methyl sites for hydroxylation is 1. The Morgan fingerprint density at radius 1 is 1.09 bits per heavy atom. The molecule has 0 aliphatic carbocycles. The van der Waals surface area contributed by atoms with Gasteiger partial charge in [-0.05, 0) is 49.0 Å². The highest BCUT2D eigenvalue weighted by atomic mass is 32.1. The summed E-state index contributed by atoms with van der Waals surface area (Å²) in [7, 11) is 2.96. The lowest BCUT2D eigenvalue weighted by Crippen LogP contribution is -2.20. The van der Waals surface area contributed by atoms with Crippen molar-refractivity contribution in [1.29, 1.82) is 0 Å². The van der Waals surface area contributed by atoms with E-state index < -0.39 is 0 Å². The van der Waals surface area contributed by atoms with Crippen LogP contribution in [0.3, 0.4) is 0 Å². The number of ether oxygens (including phenoxy) is 2. The molecule has 23 heavy (non-hydrogen) atoms. The van der Waals surface area contributed by atoms with E-state index in [0.29, 0.717) is 10.7 Å². The van der Waals surface area contributed by atoms with Crippen molar-refractivity contribution in [3.63, 3.8) is 0 Å². The van der Waals surface area contributed by atoms with Gasteiger partial charge in [0, 0.05) is 17.4 Å². The van der Waals surface area contributed by atoms with Crippen molar-refractivity contribution < 1.29 is 14.3 Å². The van der Waals surface area contributed by atoms with Gasteiger partial charge in [-0.15, -0.1) is 0 Å². The van der Waals surface area contributed by atoms with Crippen molar-refractivity contribution in [3.05, 3.63) is 53.6 Å². The third kappa shape index (κ3) is 4.43. The van der Waals surface area contributed by atoms with Crippen LogP contribution in [0.25, 0.3) is 0 Å². The van der Waals surface area contributed by atoms with E-state index in [0.717, 1.165) is 22.7 Å². The molecule has 0 amide bonds. The summed E-state index contributed by atoms with van der Waals surface area (Å²) in [6.07, 6.45) is 0. The number of esters is 1. The van der Waals surface area contributed by atoms with Gasteiger partial charge in [-0.2, -0.15) is 0 Å². The molecule has 2 N–H and O–H groups in total. The second-order valence-electron chi connectivity index (χ2n) is 4.83. The minimum Gasteiger partial charge on any atom is -0.497 e. The predicted molar refractivity (Wildman–Crippen MR) is 95.4 cm³/mol. The van der Waals surface area contributed by atoms with E-state index in [1.54, 1.807) is 19.2 Å². The van der Waals surface area contributed by atoms with Crippen LogP contribution in [0.2, 0.25) is 0 Å². The average Bonchev–Trinajstić information content (AvgIpc) is 2.56. The summed E-state index contributed by atoms with van der Waals surface area (Å²) in [4.78, 5) is 11.6. The molecule has 2 rings (SSSR count). The molecule has 0 unspecified atom stereocenters. The summed E-state index contributed by atoms with van der Waals surface area (Å²) >= 11 is 5.32. The van der Waals surface area contributed by atoms with Crippen LogP contribution in [0.15, 0.2) is 42.5 Å². The summed E-state index contributed by atoms with van der Waals surface area (Å²) in [6, 6.07) is 12.7. The Balaban J connectivity index is 2.11. The summed E-state index contributed by atoms with van der Waals surface area (Å²) in [5.41, 5.74) is 2.98. The fourth-order valence-corrected chi connectivity index (χ4v) is 2.21. The summed E-state index contributed by atoms with van der Waals surface area (Å²) < 4.78 is 9.90. The van der Waals surface area contributed by atoms with E-state index in [4.69, 9.17) is 21.7 Å². The SMILES string of the molecule is COC(=O)c1ccc(C)c(NC(=S)Nc2cccc(OC)c2)c1. The predicted octanol–water partition coefficient (Wildman–Crippen LogP) is 3.60. The molecule has 2 aromatic rings. The van der Waals surface area contributed by atoms with Gasteiger partial charge in [0.1, 0.15) is 5.75 Å². The second kappa shape index (κ2) is 7.60. The topological polar surface area (TPSA) is 59.6 Å². The number of rotatable bonds is 4. The molecule has 0 bridgehead atoms. The quantitative estimate of drug-likeness (QED) is 0.660. The highest BCUT2D eigenvalue weighted by Crippen LogP contribution is 2.20. The molecule has 2 aromatic carbocycles. The van der Waals surface area contributed by atoms with Crippen LogP contribution in [0.5, 0.6) is 5.75 Å². The molecule has 6 heteroatoms. The maximum atomic E-state index is 11.6. The van der Waals surface area contributed by atoms with E-state index in [-0.39, 0.29) is 5.97 Å². The van der Waals surface area contributed by atoms with Gasteiger partial charge in [0.15, 0.2) is 5.11 Å². The number of benzene rings is 2.